The van der Waals surface area contributed by atoms with Gasteiger partial charge in [-0.15, -0.1) is 0 Å². The van der Waals surface area contributed by atoms with E-state index in [2.05, 4.69) is 4.74 Å². The fourth-order valence-corrected chi connectivity index (χ4v) is 0.0556. The van der Waals surface area contributed by atoms with Gasteiger partial charge >= 0.3 is 0 Å². The van der Waals surface area contributed by atoms with Gasteiger partial charge < -0.3 is 20.7 Å². The second-order valence-corrected chi connectivity index (χ2v) is 1.32. The van der Waals surface area contributed by atoms with Crippen molar-refractivity contribution in [2.75, 3.05) is 19.8 Å². The number of epoxide rings is 1. The molecule has 4 N–H and O–H groups in total. The maximum absolute atomic E-state index is 7.62. The summed E-state index contributed by atoms with van der Waals surface area (Å²) in [6.07, 6.45) is 0.0833. The first-order chi connectivity index (χ1) is 3.81. The van der Waals surface area contributed by atoms with Gasteiger partial charge in [-0.05, 0) is 0 Å². The molecule has 0 radical (unpaired) electrons. The quantitative estimate of drug-likeness (QED) is 0.360. The van der Waals surface area contributed by atoms with Crippen LogP contribution in [0, 0.1) is 0 Å². The number of hydrogen-bond acceptors (Lipinski definition) is 4. The molecule has 1 aliphatic rings. The molecule has 1 rings (SSSR count). The zero-order chi connectivity index (χ0) is 6.41. The lowest BCUT2D eigenvalue weighted by atomic mass is 10.8. The Kier molecular flexibility index (Phi) is 4.89. The Morgan fingerprint density at radius 2 is 1.75 bits per heavy atom. The van der Waals surface area contributed by atoms with Crippen LogP contribution >= 0.6 is 0 Å². The minimum atomic E-state index is -0.125. The second-order valence-electron chi connectivity index (χ2n) is 1.32. The Labute approximate surface area is 47.9 Å². The predicted octanol–water partition coefficient (Wildman–Crippen LogP) is -1.73. The molecule has 0 spiro atoms. The molecule has 0 amide bonds. The first-order valence-corrected chi connectivity index (χ1v) is 2.40. The van der Waals surface area contributed by atoms with Crippen LogP contribution in [0.4, 0.5) is 0 Å². The van der Waals surface area contributed by atoms with E-state index in [1.807, 2.05) is 0 Å². The zero-order valence-electron chi connectivity index (χ0n) is 4.58. The SMILES string of the molecule is NC1CO1.OCCO. The summed E-state index contributed by atoms with van der Waals surface area (Å²) in [5.74, 6) is 0. The van der Waals surface area contributed by atoms with Crippen molar-refractivity contribution in [3.05, 3.63) is 0 Å². The molecule has 0 aliphatic carbocycles. The molecule has 4 nitrogen and oxygen atoms in total. The molecule has 50 valence electrons. The summed E-state index contributed by atoms with van der Waals surface area (Å²) in [4.78, 5) is 0. The molecule has 0 aromatic carbocycles. The largest absolute Gasteiger partial charge is 0.394 e. The summed E-state index contributed by atoms with van der Waals surface area (Å²) < 4.78 is 4.49. The van der Waals surface area contributed by atoms with Gasteiger partial charge in [-0.3, -0.25) is 0 Å². The molecule has 1 fully saturated rings. The van der Waals surface area contributed by atoms with E-state index in [9.17, 15) is 0 Å². The van der Waals surface area contributed by atoms with Crippen LogP contribution in [0.15, 0.2) is 0 Å². The third-order valence-electron chi connectivity index (χ3n) is 0.459. The molecule has 1 unspecified atom stereocenters. The van der Waals surface area contributed by atoms with Gasteiger partial charge in [0.2, 0.25) is 0 Å². The predicted molar refractivity (Wildman–Crippen MR) is 28.1 cm³/mol. The van der Waals surface area contributed by atoms with Gasteiger partial charge in [0.15, 0.2) is 0 Å². The van der Waals surface area contributed by atoms with Crippen molar-refractivity contribution in [3.63, 3.8) is 0 Å². The highest BCUT2D eigenvalue weighted by Crippen LogP contribution is 1.96. The topological polar surface area (TPSA) is 79.0 Å². The molecule has 4 heteroatoms. The summed E-state index contributed by atoms with van der Waals surface area (Å²) in [5, 5.41) is 15.2. The van der Waals surface area contributed by atoms with Crippen LogP contribution in [0.25, 0.3) is 0 Å². The van der Waals surface area contributed by atoms with Crippen molar-refractivity contribution < 1.29 is 14.9 Å². The highest BCUT2D eigenvalue weighted by atomic mass is 16.6. The summed E-state index contributed by atoms with van der Waals surface area (Å²) >= 11 is 0. The molecule has 1 saturated heterocycles. The van der Waals surface area contributed by atoms with Crippen LogP contribution in [0.1, 0.15) is 0 Å². The normalized spacial score (nSPS) is 23.6. The fourth-order valence-electron chi connectivity index (χ4n) is 0.0556. The number of hydrogen-bond donors (Lipinski definition) is 3. The van der Waals surface area contributed by atoms with E-state index in [1.54, 1.807) is 0 Å². The van der Waals surface area contributed by atoms with E-state index >= 15 is 0 Å². The van der Waals surface area contributed by atoms with Crippen LogP contribution in [0.3, 0.4) is 0 Å². The standard InChI is InChI=1S/C2H5NO.C2H6O2/c3-2-1-4-2;3-1-2-4/h2H,1,3H2;3-4H,1-2H2. The monoisotopic (exact) mass is 121 g/mol. The summed E-state index contributed by atoms with van der Waals surface area (Å²) in [7, 11) is 0. The lowest BCUT2D eigenvalue weighted by molar-refractivity contribution is 0.186. The van der Waals surface area contributed by atoms with Crippen molar-refractivity contribution in [2.45, 2.75) is 6.23 Å². The summed E-state index contributed by atoms with van der Waals surface area (Å²) in [5.41, 5.74) is 5.00. The highest BCUT2D eigenvalue weighted by Gasteiger charge is 2.13. The van der Waals surface area contributed by atoms with Crippen LogP contribution in [-0.2, 0) is 4.74 Å². The molecule has 0 bridgehead atoms. The first kappa shape index (κ1) is 7.84. The van der Waals surface area contributed by atoms with E-state index in [0.29, 0.717) is 0 Å². The Bertz CT molecular complexity index is 44.5. The minimum Gasteiger partial charge on any atom is -0.394 e. The Morgan fingerprint density at radius 3 is 1.75 bits per heavy atom. The molecule has 0 saturated carbocycles. The molecule has 0 aromatic rings. The van der Waals surface area contributed by atoms with E-state index in [0.717, 1.165) is 6.61 Å². The maximum Gasteiger partial charge on any atom is 0.129 e. The maximum atomic E-state index is 7.62. The smallest absolute Gasteiger partial charge is 0.129 e. The van der Waals surface area contributed by atoms with Gasteiger partial charge in [0, 0.05) is 0 Å². The highest BCUT2D eigenvalue weighted by molar-refractivity contribution is 4.55. The van der Waals surface area contributed by atoms with Crippen molar-refractivity contribution in [2.24, 2.45) is 5.73 Å². The van der Waals surface area contributed by atoms with E-state index in [1.165, 1.54) is 0 Å². The number of nitrogens with two attached hydrogens (primary N) is 1. The van der Waals surface area contributed by atoms with Gasteiger partial charge in [0.05, 0.1) is 19.8 Å². The number of aliphatic hydroxyl groups is 2. The van der Waals surface area contributed by atoms with Gasteiger partial charge in [-0.2, -0.15) is 0 Å². The van der Waals surface area contributed by atoms with Crippen LogP contribution in [-0.4, -0.2) is 36.3 Å². The van der Waals surface area contributed by atoms with Crippen molar-refractivity contribution in [1.82, 2.24) is 0 Å². The Morgan fingerprint density at radius 1 is 1.50 bits per heavy atom. The van der Waals surface area contributed by atoms with Gasteiger partial charge in [0.1, 0.15) is 6.23 Å². The van der Waals surface area contributed by atoms with Crippen molar-refractivity contribution in [1.29, 1.82) is 0 Å². The zero-order valence-corrected chi connectivity index (χ0v) is 4.58. The molecule has 1 aliphatic heterocycles. The van der Waals surface area contributed by atoms with Crippen LogP contribution < -0.4 is 5.73 Å². The summed E-state index contributed by atoms with van der Waals surface area (Å²) in [6.45, 7) is 0.514. The van der Waals surface area contributed by atoms with Crippen molar-refractivity contribution in [3.8, 4) is 0 Å². The first-order valence-electron chi connectivity index (χ1n) is 2.40. The third-order valence-corrected chi connectivity index (χ3v) is 0.459. The van der Waals surface area contributed by atoms with Crippen LogP contribution in [0.2, 0.25) is 0 Å². The second kappa shape index (κ2) is 4.99. The molecule has 1 atom stereocenters. The Balaban J connectivity index is 0.000000122. The fraction of sp³-hybridized carbons (Fsp3) is 1.00. The van der Waals surface area contributed by atoms with Gasteiger partial charge in [-0.1, -0.05) is 0 Å². The molecule has 1 heterocycles. The van der Waals surface area contributed by atoms with Crippen molar-refractivity contribution >= 4 is 0 Å². The lowest BCUT2D eigenvalue weighted by Crippen LogP contribution is -1.97. The molecular weight excluding hydrogens is 110 g/mol. The molecule has 0 aromatic heterocycles. The lowest BCUT2D eigenvalue weighted by Gasteiger charge is -1.70. The number of ether oxygens (including phenoxy) is 1. The van der Waals surface area contributed by atoms with E-state index in [4.69, 9.17) is 15.9 Å². The summed E-state index contributed by atoms with van der Waals surface area (Å²) in [6, 6.07) is 0. The minimum absolute atomic E-state index is 0.0833. The Hall–Kier alpha value is -0.160. The van der Waals surface area contributed by atoms with Crippen LogP contribution in [0.5, 0.6) is 0 Å². The number of rotatable bonds is 1. The average Bonchev–Trinajstić information content (AvgIpc) is 2.52. The molecule has 8 heavy (non-hydrogen) atoms. The van der Waals surface area contributed by atoms with Gasteiger partial charge in [0.25, 0.3) is 0 Å². The average molecular weight is 121 g/mol. The van der Waals surface area contributed by atoms with Gasteiger partial charge in [-0.25, -0.2) is 0 Å². The molecular formula is C4H11NO3. The van der Waals surface area contributed by atoms with E-state index in [-0.39, 0.29) is 19.4 Å². The van der Waals surface area contributed by atoms with E-state index < -0.39 is 0 Å². The third kappa shape index (κ3) is 9.28. The number of aliphatic hydroxyl groups excluding tert-OH is 2.